The van der Waals surface area contributed by atoms with E-state index in [1.807, 2.05) is 24.3 Å². The molecule has 2 aliphatic rings. The molecule has 300 valence electrons. The van der Waals surface area contributed by atoms with Gasteiger partial charge in [-0.05, 0) is 49.9 Å². The van der Waals surface area contributed by atoms with E-state index in [4.69, 9.17) is 9.47 Å². The summed E-state index contributed by atoms with van der Waals surface area (Å²) in [5.74, 6) is 0.512. The lowest BCUT2D eigenvalue weighted by atomic mass is 10.1. The summed E-state index contributed by atoms with van der Waals surface area (Å²) in [7, 11) is 0. The molecule has 0 saturated heterocycles. The molecule has 0 aromatic heterocycles. The summed E-state index contributed by atoms with van der Waals surface area (Å²) < 4.78 is 12.5. The van der Waals surface area contributed by atoms with Crippen LogP contribution < -0.4 is 19.3 Å². The van der Waals surface area contributed by atoms with Crippen molar-refractivity contribution >= 4 is 22.9 Å². The zero-order valence-electron chi connectivity index (χ0n) is 34.8. The number of hydrogen-bond acceptors (Lipinski definition) is 6. The molecule has 6 nitrogen and oxygen atoms in total. The van der Waals surface area contributed by atoms with Gasteiger partial charge in [-0.25, -0.2) is 0 Å². The number of fused-ring (bicyclic) bond motifs is 2. The number of anilines is 2. The highest BCUT2D eigenvalue weighted by atomic mass is 16.5. The third kappa shape index (κ3) is 13.5. The topological polar surface area (TPSA) is 59.1 Å². The predicted octanol–water partition coefficient (Wildman–Crippen LogP) is 13.8. The first-order chi connectivity index (χ1) is 26.5. The van der Waals surface area contributed by atoms with Crippen molar-refractivity contribution in [3.05, 3.63) is 59.0 Å². The molecule has 0 bridgehead atoms. The number of benzene rings is 2. The first-order valence-electron chi connectivity index (χ1n) is 22.5. The first-order valence-corrected chi connectivity index (χ1v) is 22.5. The lowest BCUT2D eigenvalue weighted by Crippen LogP contribution is -2.25. The van der Waals surface area contributed by atoms with E-state index in [1.165, 1.54) is 128 Å². The van der Waals surface area contributed by atoms with Crippen LogP contribution in [0.3, 0.4) is 0 Å². The van der Waals surface area contributed by atoms with Crippen molar-refractivity contribution in [3.63, 3.8) is 0 Å². The van der Waals surface area contributed by atoms with Gasteiger partial charge in [-0.1, -0.05) is 156 Å². The van der Waals surface area contributed by atoms with Crippen LogP contribution >= 0.6 is 0 Å². The van der Waals surface area contributed by atoms with E-state index in [9.17, 15) is 9.59 Å². The zero-order chi connectivity index (χ0) is 38.4. The molecule has 0 aliphatic carbocycles. The molecular formula is C48H74N2O4. The minimum atomic E-state index is -0.279. The van der Waals surface area contributed by atoms with E-state index >= 15 is 0 Å². The molecule has 4 rings (SSSR count). The summed E-state index contributed by atoms with van der Waals surface area (Å²) >= 11 is 0. The van der Waals surface area contributed by atoms with Crippen LogP contribution in [0.25, 0.3) is 0 Å². The van der Waals surface area contributed by atoms with Crippen molar-refractivity contribution in [2.45, 2.75) is 182 Å². The van der Waals surface area contributed by atoms with Gasteiger partial charge >= 0.3 is 0 Å². The Labute approximate surface area is 329 Å². The molecule has 2 aromatic carbocycles. The predicted molar refractivity (Wildman–Crippen MR) is 228 cm³/mol. The van der Waals surface area contributed by atoms with Crippen LogP contribution in [0.15, 0.2) is 47.9 Å². The van der Waals surface area contributed by atoms with E-state index < -0.39 is 0 Å². The lowest BCUT2D eigenvalue weighted by molar-refractivity contribution is 0.0960. The Hall–Kier alpha value is -3.28. The van der Waals surface area contributed by atoms with Crippen molar-refractivity contribution in [2.75, 3.05) is 36.0 Å². The lowest BCUT2D eigenvalue weighted by Gasteiger charge is -2.25. The minimum Gasteiger partial charge on any atom is -0.448 e. The quantitative estimate of drug-likeness (QED) is 0.0587. The summed E-state index contributed by atoms with van der Waals surface area (Å²) in [4.78, 5) is 32.4. The Morgan fingerprint density at radius 1 is 0.389 bits per heavy atom. The number of rotatable bonds is 30. The van der Waals surface area contributed by atoms with Crippen LogP contribution in [0.4, 0.5) is 11.4 Å². The molecule has 0 spiro atoms. The fourth-order valence-corrected chi connectivity index (χ4v) is 7.89. The van der Waals surface area contributed by atoms with Crippen LogP contribution in [-0.4, -0.2) is 37.7 Å². The Morgan fingerprint density at radius 2 is 0.667 bits per heavy atom. The van der Waals surface area contributed by atoms with Crippen molar-refractivity contribution in [1.29, 1.82) is 0 Å². The zero-order valence-corrected chi connectivity index (χ0v) is 34.8. The second kappa shape index (κ2) is 25.0. The van der Waals surface area contributed by atoms with Gasteiger partial charge in [0.05, 0.1) is 11.1 Å². The molecule has 2 heterocycles. The second-order valence-corrected chi connectivity index (χ2v) is 15.9. The molecule has 0 fully saturated rings. The van der Waals surface area contributed by atoms with Crippen molar-refractivity contribution in [3.8, 4) is 11.5 Å². The maximum atomic E-state index is 13.7. The normalized spacial score (nSPS) is 14.7. The van der Waals surface area contributed by atoms with Crippen LogP contribution in [0.2, 0.25) is 0 Å². The summed E-state index contributed by atoms with van der Waals surface area (Å²) in [5, 5.41) is 0. The number of unbranched alkanes of at least 4 members (excludes halogenated alkanes) is 20. The van der Waals surface area contributed by atoms with E-state index in [1.54, 1.807) is 0 Å². The average Bonchev–Trinajstić information content (AvgIpc) is 3.69. The Morgan fingerprint density at radius 3 is 0.963 bits per heavy atom. The number of Topliss-reactive ketones (excluding diaryl/α,β-unsaturated/α-hetero) is 2. The van der Waals surface area contributed by atoms with Gasteiger partial charge in [0.1, 0.15) is 11.5 Å². The van der Waals surface area contributed by atoms with Gasteiger partial charge in [-0.15, -0.1) is 0 Å². The van der Waals surface area contributed by atoms with Crippen molar-refractivity contribution < 1.29 is 19.1 Å². The molecule has 0 saturated carbocycles. The smallest absolute Gasteiger partial charge is 0.236 e. The van der Waals surface area contributed by atoms with Gasteiger partial charge in [0.2, 0.25) is 23.1 Å². The summed E-state index contributed by atoms with van der Waals surface area (Å²) in [5.41, 5.74) is 3.16. The molecule has 2 aromatic rings. The standard InChI is InChI=1S/C48H74N2O4/c1-5-9-13-17-21-25-33-49(34-26-22-18-14-10-6-2)39-29-31-41-43(37-39)53-47(45(41)51)48-46(52)42-32-30-40(38-44(42)54-48)50(35-27-23-19-15-11-7-3)36-28-24-20-16-12-8-4/h29-32,37-38H,5-28,33-36H2,1-4H3. The van der Waals surface area contributed by atoms with Crippen LogP contribution in [-0.2, 0) is 0 Å². The highest BCUT2D eigenvalue weighted by Gasteiger charge is 2.39. The average molecular weight is 743 g/mol. The fraction of sp³-hybridized carbons (Fsp3) is 0.667. The van der Waals surface area contributed by atoms with Crippen LogP contribution in [0.5, 0.6) is 11.5 Å². The molecule has 54 heavy (non-hydrogen) atoms. The molecule has 6 heteroatoms. The molecule has 0 N–H and O–H groups in total. The summed E-state index contributed by atoms with van der Waals surface area (Å²) in [6.07, 6.45) is 30.2. The van der Waals surface area contributed by atoms with Gasteiger partial charge in [0.15, 0.2) is 0 Å². The maximum Gasteiger partial charge on any atom is 0.236 e. The Bertz CT molecular complexity index is 1310. The molecule has 0 unspecified atom stereocenters. The summed E-state index contributed by atoms with van der Waals surface area (Å²) in [6.45, 7) is 13.0. The SMILES string of the molecule is CCCCCCCCN(CCCCCCCC)c1ccc2c(c1)OC(=C1Oc3cc(N(CCCCCCCC)CCCCCCCC)ccc3C1=O)C2=O. The molecule has 2 aliphatic heterocycles. The van der Waals surface area contributed by atoms with Gasteiger partial charge in [-0.3, -0.25) is 9.59 Å². The number of allylic oxidation sites excluding steroid dienone is 2. The van der Waals surface area contributed by atoms with Gasteiger partial charge < -0.3 is 19.3 Å². The van der Waals surface area contributed by atoms with E-state index in [-0.39, 0.29) is 23.1 Å². The van der Waals surface area contributed by atoms with Gasteiger partial charge in [0, 0.05) is 49.7 Å². The van der Waals surface area contributed by atoms with E-state index in [2.05, 4.69) is 49.6 Å². The van der Waals surface area contributed by atoms with Gasteiger partial charge in [-0.2, -0.15) is 0 Å². The third-order valence-electron chi connectivity index (χ3n) is 11.3. The Balaban J connectivity index is 1.45. The minimum absolute atomic E-state index is 0.0133. The first kappa shape index (κ1) is 43.4. The summed E-state index contributed by atoms with van der Waals surface area (Å²) in [6, 6.07) is 11.9. The van der Waals surface area contributed by atoms with Crippen molar-refractivity contribution in [2.24, 2.45) is 0 Å². The molecular weight excluding hydrogens is 669 g/mol. The molecule has 0 radical (unpaired) electrons. The number of ketones is 2. The highest BCUT2D eigenvalue weighted by Crippen LogP contribution is 2.41. The second-order valence-electron chi connectivity index (χ2n) is 15.9. The number of hydrogen-bond donors (Lipinski definition) is 0. The van der Waals surface area contributed by atoms with Crippen molar-refractivity contribution in [1.82, 2.24) is 0 Å². The number of carbonyl (C=O) groups is 2. The number of ether oxygens (including phenoxy) is 2. The van der Waals surface area contributed by atoms with Crippen LogP contribution in [0.1, 0.15) is 203 Å². The maximum absolute atomic E-state index is 13.7. The number of carbonyl (C=O) groups excluding carboxylic acids is 2. The van der Waals surface area contributed by atoms with Crippen LogP contribution in [0, 0.1) is 0 Å². The third-order valence-corrected chi connectivity index (χ3v) is 11.3. The monoisotopic (exact) mass is 743 g/mol. The largest absolute Gasteiger partial charge is 0.448 e. The number of nitrogens with zero attached hydrogens (tertiary/aromatic N) is 2. The fourth-order valence-electron chi connectivity index (χ4n) is 7.89. The Kier molecular flexibility index (Phi) is 20.1. The van der Waals surface area contributed by atoms with Gasteiger partial charge in [0.25, 0.3) is 0 Å². The molecule has 0 amide bonds. The van der Waals surface area contributed by atoms with E-state index in [0.717, 1.165) is 63.2 Å². The molecule has 0 atom stereocenters. The highest BCUT2D eigenvalue weighted by molar-refractivity contribution is 6.21. The van der Waals surface area contributed by atoms with E-state index in [0.29, 0.717) is 22.6 Å².